The Morgan fingerprint density at radius 3 is 2.75 bits per heavy atom. The van der Waals surface area contributed by atoms with Crippen molar-refractivity contribution >= 4 is 17.0 Å². The van der Waals surface area contributed by atoms with Crippen molar-refractivity contribution in [3.8, 4) is 17.2 Å². The van der Waals surface area contributed by atoms with Crippen molar-refractivity contribution < 1.29 is 14.2 Å². The summed E-state index contributed by atoms with van der Waals surface area (Å²) >= 11 is 1.64. The fourth-order valence-electron chi connectivity index (χ4n) is 2.03. The first kappa shape index (κ1) is 13.1. The van der Waals surface area contributed by atoms with Crippen LogP contribution in [0.4, 0.5) is 5.69 Å². The van der Waals surface area contributed by atoms with Gasteiger partial charge < -0.3 is 19.9 Å². The Morgan fingerprint density at radius 1 is 1.30 bits per heavy atom. The molecule has 0 fully saturated rings. The number of nitrogens with two attached hydrogens (primary N) is 1. The van der Waals surface area contributed by atoms with Gasteiger partial charge in [0.25, 0.3) is 0 Å². The van der Waals surface area contributed by atoms with Gasteiger partial charge in [0.2, 0.25) is 0 Å². The van der Waals surface area contributed by atoms with Gasteiger partial charge in [-0.25, -0.2) is 4.98 Å². The van der Waals surface area contributed by atoms with E-state index in [0.717, 1.165) is 12.1 Å². The third-order valence-corrected chi connectivity index (χ3v) is 4.10. The molecule has 0 unspecified atom stereocenters. The molecule has 1 aromatic carbocycles. The molecule has 20 heavy (non-hydrogen) atoms. The third-order valence-electron chi connectivity index (χ3n) is 3.11. The summed E-state index contributed by atoms with van der Waals surface area (Å²) in [5.74, 6) is 2.00. The van der Waals surface area contributed by atoms with Crippen molar-refractivity contribution in [2.45, 2.75) is 13.3 Å². The molecule has 0 bridgehead atoms. The summed E-state index contributed by atoms with van der Waals surface area (Å²) in [6, 6.07) is 3.55. The molecule has 0 saturated heterocycles. The minimum atomic E-state index is 0.552. The molecule has 2 heterocycles. The molecule has 1 aromatic heterocycles. The number of aryl methyl sites for hydroxylation is 1. The predicted octanol–water partition coefficient (Wildman–Crippen LogP) is 2.43. The lowest BCUT2D eigenvalue weighted by Crippen LogP contribution is -2.16. The van der Waals surface area contributed by atoms with Crippen molar-refractivity contribution in [2.24, 2.45) is 0 Å². The van der Waals surface area contributed by atoms with Crippen molar-refractivity contribution in [3.05, 3.63) is 28.2 Å². The highest BCUT2D eigenvalue weighted by atomic mass is 32.1. The lowest BCUT2D eigenvalue weighted by Gasteiger charge is -2.20. The number of benzene rings is 1. The summed E-state index contributed by atoms with van der Waals surface area (Å²) in [5, 5.41) is 0. The Kier molecular flexibility index (Phi) is 3.64. The largest absolute Gasteiger partial charge is 0.491 e. The summed E-state index contributed by atoms with van der Waals surface area (Å²) < 4.78 is 16.7. The van der Waals surface area contributed by atoms with Crippen LogP contribution in [0, 0.1) is 6.92 Å². The van der Waals surface area contributed by atoms with Gasteiger partial charge >= 0.3 is 0 Å². The van der Waals surface area contributed by atoms with E-state index in [0.29, 0.717) is 42.8 Å². The maximum absolute atomic E-state index is 5.96. The Bertz CT molecular complexity index is 612. The number of ether oxygens (including phenoxy) is 3. The summed E-state index contributed by atoms with van der Waals surface area (Å²) in [7, 11) is 0. The molecule has 106 valence electrons. The highest BCUT2D eigenvalue weighted by Gasteiger charge is 2.15. The van der Waals surface area contributed by atoms with Crippen LogP contribution < -0.4 is 19.9 Å². The standard InChI is InChI=1S/C14H16N2O3S/c1-9-14(20-8-16-9)2-3-17-11-7-13-12(6-10(11)15)18-4-5-19-13/h6-8H,2-5,15H2,1H3. The second kappa shape index (κ2) is 5.58. The summed E-state index contributed by atoms with van der Waals surface area (Å²) in [5.41, 5.74) is 9.44. The van der Waals surface area contributed by atoms with E-state index in [1.807, 2.05) is 12.4 Å². The number of hydrogen-bond donors (Lipinski definition) is 1. The molecule has 2 N–H and O–H groups in total. The van der Waals surface area contributed by atoms with Crippen LogP contribution in [-0.2, 0) is 6.42 Å². The van der Waals surface area contributed by atoms with E-state index in [4.69, 9.17) is 19.9 Å². The second-order valence-electron chi connectivity index (χ2n) is 4.49. The third kappa shape index (κ3) is 2.65. The lowest BCUT2D eigenvalue weighted by molar-refractivity contribution is 0.170. The van der Waals surface area contributed by atoms with Gasteiger partial charge in [-0.05, 0) is 6.92 Å². The van der Waals surface area contributed by atoms with Crippen molar-refractivity contribution in [2.75, 3.05) is 25.6 Å². The average molecular weight is 292 g/mol. The van der Waals surface area contributed by atoms with Gasteiger partial charge in [-0.3, -0.25) is 0 Å². The smallest absolute Gasteiger partial charge is 0.165 e. The molecule has 1 aliphatic heterocycles. The van der Waals surface area contributed by atoms with Gasteiger partial charge in [-0.2, -0.15) is 0 Å². The molecule has 0 aliphatic carbocycles. The molecule has 0 atom stereocenters. The van der Waals surface area contributed by atoms with Gasteiger partial charge in [0, 0.05) is 23.4 Å². The molecule has 0 spiro atoms. The molecule has 0 radical (unpaired) electrons. The van der Waals surface area contributed by atoms with Crippen molar-refractivity contribution in [1.29, 1.82) is 0 Å². The summed E-state index contributed by atoms with van der Waals surface area (Å²) in [6.07, 6.45) is 0.824. The monoisotopic (exact) mass is 292 g/mol. The highest BCUT2D eigenvalue weighted by molar-refractivity contribution is 7.09. The van der Waals surface area contributed by atoms with E-state index in [1.165, 1.54) is 4.88 Å². The number of rotatable bonds is 4. The predicted molar refractivity (Wildman–Crippen MR) is 77.9 cm³/mol. The number of fused-ring (bicyclic) bond motifs is 1. The SMILES string of the molecule is Cc1ncsc1CCOc1cc2c(cc1N)OCCO2. The van der Waals surface area contributed by atoms with Crippen molar-refractivity contribution in [1.82, 2.24) is 4.98 Å². The van der Waals surface area contributed by atoms with E-state index in [2.05, 4.69) is 4.98 Å². The molecule has 0 amide bonds. The highest BCUT2D eigenvalue weighted by Crippen LogP contribution is 2.38. The minimum absolute atomic E-state index is 0.552. The number of nitrogens with zero attached hydrogens (tertiary/aromatic N) is 1. The van der Waals surface area contributed by atoms with Crippen LogP contribution in [0.15, 0.2) is 17.6 Å². The van der Waals surface area contributed by atoms with Gasteiger partial charge in [0.1, 0.15) is 19.0 Å². The number of nitrogen functional groups attached to an aromatic ring is 1. The Balaban J connectivity index is 1.67. The fourth-order valence-corrected chi connectivity index (χ4v) is 2.79. The van der Waals surface area contributed by atoms with E-state index in [1.54, 1.807) is 23.5 Å². The Labute approximate surface area is 121 Å². The van der Waals surface area contributed by atoms with E-state index < -0.39 is 0 Å². The molecular formula is C14H16N2O3S. The molecule has 1 aliphatic rings. The normalized spacial score (nSPS) is 13.2. The maximum Gasteiger partial charge on any atom is 0.165 e. The minimum Gasteiger partial charge on any atom is -0.491 e. The van der Waals surface area contributed by atoms with Gasteiger partial charge in [0.15, 0.2) is 11.5 Å². The maximum atomic E-state index is 5.96. The average Bonchev–Trinajstić information content (AvgIpc) is 2.85. The zero-order valence-corrected chi connectivity index (χ0v) is 12.0. The lowest BCUT2D eigenvalue weighted by atomic mass is 10.2. The van der Waals surface area contributed by atoms with Crippen LogP contribution in [0.1, 0.15) is 10.6 Å². The summed E-state index contributed by atoms with van der Waals surface area (Å²) in [4.78, 5) is 5.46. The van der Waals surface area contributed by atoms with Gasteiger partial charge in [-0.1, -0.05) is 0 Å². The molecule has 3 rings (SSSR count). The number of aromatic nitrogens is 1. The Hall–Kier alpha value is -1.95. The second-order valence-corrected chi connectivity index (χ2v) is 5.43. The van der Waals surface area contributed by atoms with Crippen LogP contribution in [0.2, 0.25) is 0 Å². The van der Waals surface area contributed by atoms with Crippen LogP contribution in [0.25, 0.3) is 0 Å². The molecule has 6 heteroatoms. The topological polar surface area (TPSA) is 66.6 Å². The van der Waals surface area contributed by atoms with Crippen LogP contribution in [0.3, 0.4) is 0 Å². The molecule has 5 nitrogen and oxygen atoms in total. The first-order valence-electron chi connectivity index (χ1n) is 6.45. The van der Waals surface area contributed by atoms with Crippen molar-refractivity contribution in [3.63, 3.8) is 0 Å². The summed E-state index contributed by atoms with van der Waals surface area (Å²) in [6.45, 7) is 3.67. The van der Waals surface area contributed by atoms with Crippen LogP contribution in [-0.4, -0.2) is 24.8 Å². The first-order valence-corrected chi connectivity index (χ1v) is 7.33. The van der Waals surface area contributed by atoms with E-state index in [-0.39, 0.29) is 0 Å². The number of anilines is 1. The Morgan fingerprint density at radius 2 is 2.05 bits per heavy atom. The van der Waals surface area contributed by atoms with Gasteiger partial charge in [-0.15, -0.1) is 11.3 Å². The zero-order chi connectivity index (χ0) is 13.9. The van der Waals surface area contributed by atoms with Crippen LogP contribution in [0.5, 0.6) is 17.2 Å². The van der Waals surface area contributed by atoms with E-state index >= 15 is 0 Å². The van der Waals surface area contributed by atoms with Gasteiger partial charge in [0.05, 0.1) is 23.5 Å². The number of thiazole rings is 1. The zero-order valence-electron chi connectivity index (χ0n) is 11.2. The number of hydrogen-bond acceptors (Lipinski definition) is 6. The molecule has 0 saturated carbocycles. The molecule has 2 aromatic rings. The quantitative estimate of drug-likeness (QED) is 0.877. The molecular weight excluding hydrogens is 276 g/mol. The van der Waals surface area contributed by atoms with E-state index in [9.17, 15) is 0 Å². The van der Waals surface area contributed by atoms with Crippen LogP contribution >= 0.6 is 11.3 Å². The fraction of sp³-hybridized carbons (Fsp3) is 0.357. The first-order chi connectivity index (χ1) is 9.74.